The third-order valence-electron chi connectivity index (χ3n) is 5.04. The molecule has 0 spiro atoms. The predicted molar refractivity (Wildman–Crippen MR) is 121 cm³/mol. The van der Waals surface area contributed by atoms with Crippen molar-refractivity contribution in [1.29, 1.82) is 5.26 Å². The number of piperidine rings is 1. The number of aromatic nitrogens is 2. The summed E-state index contributed by atoms with van der Waals surface area (Å²) in [6.45, 7) is 11.4. The zero-order chi connectivity index (χ0) is 21.4. The highest BCUT2D eigenvalue weighted by Crippen LogP contribution is 2.22. The van der Waals surface area contributed by atoms with Gasteiger partial charge < -0.3 is 4.90 Å². The Hall–Kier alpha value is -2.89. The number of hydrogen-bond acceptors (Lipinski definition) is 5. The number of rotatable bonds is 5. The van der Waals surface area contributed by atoms with Crippen molar-refractivity contribution >= 4 is 5.82 Å². The first-order valence-electron chi connectivity index (χ1n) is 10.7. The van der Waals surface area contributed by atoms with Crippen LogP contribution in [-0.4, -0.2) is 41.0 Å². The molecule has 0 radical (unpaired) electrons. The van der Waals surface area contributed by atoms with Gasteiger partial charge in [-0.3, -0.25) is 4.90 Å². The van der Waals surface area contributed by atoms with Crippen molar-refractivity contribution in [2.24, 2.45) is 5.41 Å². The van der Waals surface area contributed by atoms with E-state index in [-0.39, 0.29) is 11.2 Å². The number of hydrogen-bond donors (Lipinski definition) is 0. The average Bonchev–Trinajstić information content (AvgIpc) is 2.74. The first-order valence-corrected chi connectivity index (χ1v) is 10.7. The van der Waals surface area contributed by atoms with Gasteiger partial charge in [-0.2, -0.15) is 5.26 Å². The van der Waals surface area contributed by atoms with Crippen LogP contribution in [0, 0.1) is 28.6 Å². The minimum atomic E-state index is 0.0949. The second-order valence-electron chi connectivity index (χ2n) is 9.10. The molecule has 2 heterocycles. The first-order chi connectivity index (χ1) is 14.4. The second kappa shape index (κ2) is 10.2. The summed E-state index contributed by atoms with van der Waals surface area (Å²) in [6.07, 6.45) is 5.59. The average molecular weight is 402 g/mol. The molecule has 2 aromatic rings. The number of nitriles is 1. The van der Waals surface area contributed by atoms with Crippen molar-refractivity contribution in [1.82, 2.24) is 14.9 Å². The number of anilines is 1. The highest BCUT2D eigenvalue weighted by Gasteiger charge is 2.19. The Labute approximate surface area is 180 Å². The predicted octanol–water partition coefficient (Wildman–Crippen LogP) is 4.24. The van der Waals surface area contributed by atoms with E-state index in [1.165, 1.54) is 37.9 Å². The monoisotopic (exact) mass is 401 g/mol. The molecular weight excluding hydrogens is 370 g/mol. The van der Waals surface area contributed by atoms with Gasteiger partial charge in [0.2, 0.25) is 5.82 Å². The van der Waals surface area contributed by atoms with Crippen LogP contribution in [0.1, 0.15) is 57.0 Å². The van der Waals surface area contributed by atoms with E-state index in [0.29, 0.717) is 0 Å². The molecule has 0 amide bonds. The third-order valence-corrected chi connectivity index (χ3v) is 5.04. The zero-order valence-corrected chi connectivity index (χ0v) is 18.4. The van der Waals surface area contributed by atoms with Crippen LogP contribution in [0.25, 0.3) is 0 Å². The summed E-state index contributed by atoms with van der Waals surface area (Å²) in [7, 11) is 0. The van der Waals surface area contributed by atoms with Gasteiger partial charge in [0.15, 0.2) is 0 Å². The Morgan fingerprint density at radius 2 is 1.80 bits per heavy atom. The van der Waals surface area contributed by atoms with Gasteiger partial charge in [-0.15, -0.1) is 0 Å². The Bertz CT molecular complexity index is 919. The van der Waals surface area contributed by atoms with E-state index in [1.807, 2.05) is 12.1 Å². The Balaban J connectivity index is 1.68. The van der Waals surface area contributed by atoms with Crippen LogP contribution in [0.5, 0.6) is 0 Å². The molecule has 0 atom stereocenters. The molecule has 0 unspecified atom stereocenters. The maximum atomic E-state index is 9.14. The molecule has 0 bridgehead atoms. The van der Waals surface area contributed by atoms with E-state index in [0.717, 1.165) is 31.0 Å². The fourth-order valence-corrected chi connectivity index (χ4v) is 3.65. The molecule has 156 valence electrons. The normalized spacial score (nSPS) is 14.5. The number of benzene rings is 1. The highest BCUT2D eigenvalue weighted by molar-refractivity contribution is 5.42. The molecule has 1 aliphatic heterocycles. The van der Waals surface area contributed by atoms with Crippen LogP contribution in [-0.2, 0) is 6.54 Å². The summed E-state index contributed by atoms with van der Waals surface area (Å²) in [6, 6.07) is 12.3. The molecular formula is C25H31N5. The van der Waals surface area contributed by atoms with Crippen molar-refractivity contribution < 1.29 is 0 Å². The lowest BCUT2D eigenvalue weighted by Gasteiger charge is -2.31. The lowest BCUT2D eigenvalue weighted by atomic mass is 9.95. The topological polar surface area (TPSA) is 56.0 Å². The van der Waals surface area contributed by atoms with E-state index >= 15 is 0 Å². The third kappa shape index (κ3) is 6.87. The van der Waals surface area contributed by atoms with Crippen molar-refractivity contribution in [3.63, 3.8) is 0 Å². The summed E-state index contributed by atoms with van der Waals surface area (Å²) in [5.41, 5.74) is 2.34. The lowest BCUT2D eigenvalue weighted by Crippen LogP contribution is -2.33. The fourth-order valence-electron chi connectivity index (χ4n) is 3.65. The highest BCUT2D eigenvalue weighted by atomic mass is 15.2. The summed E-state index contributed by atoms with van der Waals surface area (Å²) in [4.78, 5) is 13.0. The molecule has 1 aromatic heterocycles. The molecule has 5 nitrogen and oxygen atoms in total. The zero-order valence-electron chi connectivity index (χ0n) is 18.4. The molecule has 0 N–H and O–H groups in total. The number of nitrogens with zero attached hydrogens (tertiary/aromatic N) is 5. The van der Waals surface area contributed by atoms with E-state index in [9.17, 15) is 0 Å². The molecule has 3 rings (SSSR count). The van der Waals surface area contributed by atoms with Crippen LogP contribution in [0.3, 0.4) is 0 Å². The summed E-state index contributed by atoms with van der Waals surface area (Å²) < 4.78 is 0. The van der Waals surface area contributed by atoms with Crippen molar-refractivity contribution in [3.8, 4) is 17.9 Å². The first kappa shape index (κ1) is 21.8. The van der Waals surface area contributed by atoms with Gasteiger partial charge in [-0.25, -0.2) is 9.97 Å². The lowest BCUT2D eigenvalue weighted by molar-refractivity contribution is 0.255. The van der Waals surface area contributed by atoms with E-state index in [2.05, 4.69) is 76.6 Å². The van der Waals surface area contributed by atoms with Gasteiger partial charge in [0.1, 0.15) is 11.9 Å². The molecule has 1 saturated heterocycles. The van der Waals surface area contributed by atoms with Crippen LogP contribution >= 0.6 is 0 Å². The Morgan fingerprint density at radius 3 is 2.47 bits per heavy atom. The maximum Gasteiger partial charge on any atom is 0.234 e. The SMILES string of the molecule is CC(C)(C)CN(Cc1ccc(C#CCN2CCCCC2)cc1)c1ccnc(C#N)n1. The van der Waals surface area contributed by atoms with E-state index < -0.39 is 0 Å². The maximum absolute atomic E-state index is 9.14. The molecule has 1 aliphatic rings. The van der Waals surface area contributed by atoms with Gasteiger partial charge in [0, 0.05) is 24.8 Å². The minimum Gasteiger partial charge on any atom is -0.352 e. The Morgan fingerprint density at radius 1 is 1.07 bits per heavy atom. The van der Waals surface area contributed by atoms with E-state index in [4.69, 9.17) is 5.26 Å². The summed E-state index contributed by atoms with van der Waals surface area (Å²) >= 11 is 0. The van der Waals surface area contributed by atoms with E-state index in [1.54, 1.807) is 6.20 Å². The van der Waals surface area contributed by atoms with Crippen molar-refractivity contribution in [2.45, 2.75) is 46.6 Å². The van der Waals surface area contributed by atoms with Gasteiger partial charge in [0.25, 0.3) is 0 Å². The quantitative estimate of drug-likeness (QED) is 0.702. The van der Waals surface area contributed by atoms with Crippen LogP contribution < -0.4 is 4.90 Å². The van der Waals surface area contributed by atoms with Crippen LogP contribution in [0.4, 0.5) is 5.82 Å². The minimum absolute atomic E-state index is 0.0949. The molecule has 0 aliphatic carbocycles. The fraction of sp³-hybridized carbons (Fsp3) is 0.480. The number of likely N-dealkylation sites (tertiary alicyclic amines) is 1. The molecule has 1 fully saturated rings. The second-order valence-corrected chi connectivity index (χ2v) is 9.10. The smallest absolute Gasteiger partial charge is 0.234 e. The summed E-state index contributed by atoms with van der Waals surface area (Å²) in [5.74, 6) is 7.59. The molecule has 30 heavy (non-hydrogen) atoms. The molecule has 1 aromatic carbocycles. The molecule has 0 saturated carbocycles. The van der Waals surface area contributed by atoms with Gasteiger partial charge in [-0.1, -0.05) is 51.2 Å². The van der Waals surface area contributed by atoms with Crippen LogP contribution in [0.2, 0.25) is 0 Å². The van der Waals surface area contributed by atoms with Gasteiger partial charge in [0.05, 0.1) is 6.54 Å². The van der Waals surface area contributed by atoms with Gasteiger partial charge in [-0.05, 0) is 55.1 Å². The standard InChI is InChI=1S/C25H31N5/c1-25(2,3)20-30(24-13-14-27-23(18-26)28-24)19-22-11-9-21(10-12-22)8-7-17-29-15-5-4-6-16-29/h9-14H,4-6,15-17,19-20H2,1-3H3. The van der Waals surface area contributed by atoms with Gasteiger partial charge >= 0.3 is 0 Å². The van der Waals surface area contributed by atoms with Crippen LogP contribution in [0.15, 0.2) is 36.5 Å². The van der Waals surface area contributed by atoms with Crippen molar-refractivity contribution in [3.05, 3.63) is 53.5 Å². The Kier molecular flexibility index (Phi) is 7.44. The largest absolute Gasteiger partial charge is 0.352 e. The van der Waals surface area contributed by atoms with Crippen molar-refractivity contribution in [2.75, 3.05) is 31.1 Å². The molecule has 5 heteroatoms. The summed E-state index contributed by atoms with van der Waals surface area (Å²) in [5, 5.41) is 9.14.